The first-order valence-corrected chi connectivity index (χ1v) is 5.36. The van der Waals surface area contributed by atoms with Crippen molar-refractivity contribution in [2.75, 3.05) is 5.32 Å². The number of hydrogen-bond donors (Lipinski definition) is 3. The lowest BCUT2D eigenvalue weighted by Gasteiger charge is -2.07. The normalized spacial score (nSPS) is 10.1. The van der Waals surface area contributed by atoms with Crippen LogP contribution in [0.25, 0.3) is 0 Å². The molecule has 0 radical (unpaired) electrons. The molecule has 1 heterocycles. The maximum Gasteiger partial charge on any atom is 0.336 e. The van der Waals surface area contributed by atoms with Crippen LogP contribution in [0.5, 0.6) is 0 Å². The van der Waals surface area contributed by atoms with Crippen LogP contribution in [0.4, 0.5) is 11.5 Å². The van der Waals surface area contributed by atoms with E-state index >= 15 is 0 Å². The van der Waals surface area contributed by atoms with Gasteiger partial charge in [0.05, 0.1) is 5.56 Å². The molecule has 0 fully saturated rings. The molecule has 0 saturated heterocycles. The highest BCUT2D eigenvalue weighted by atomic mass is 16.4. The van der Waals surface area contributed by atoms with Gasteiger partial charge in [-0.3, -0.25) is 4.79 Å². The van der Waals surface area contributed by atoms with Crippen molar-refractivity contribution in [2.45, 2.75) is 6.92 Å². The highest BCUT2D eigenvalue weighted by Crippen LogP contribution is 2.15. The number of hydrogen-bond acceptors (Lipinski definition) is 3. The summed E-state index contributed by atoms with van der Waals surface area (Å²) in [6, 6.07) is 9.97. The molecule has 1 aromatic heterocycles. The smallest absolute Gasteiger partial charge is 0.336 e. The number of nitrogens with one attached hydrogen (secondary N) is 2. The van der Waals surface area contributed by atoms with E-state index in [4.69, 9.17) is 5.11 Å². The summed E-state index contributed by atoms with van der Waals surface area (Å²) in [5.41, 5.74) is 1.35. The van der Waals surface area contributed by atoms with E-state index in [1.165, 1.54) is 6.07 Å². The fraction of sp³-hybridized carbons (Fsp3) is 0.0769. The number of aromatic nitrogens is 1. The van der Waals surface area contributed by atoms with Gasteiger partial charge in [-0.15, -0.1) is 0 Å². The van der Waals surface area contributed by atoms with Crippen LogP contribution in [0.1, 0.15) is 15.9 Å². The predicted octanol–water partition coefficient (Wildman–Crippen LogP) is 2.13. The Morgan fingerprint density at radius 3 is 2.72 bits per heavy atom. The quantitative estimate of drug-likeness (QED) is 0.772. The molecular formula is C13H12N2O3. The van der Waals surface area contributed by atoms with Crippen LogP contribution in [0.15, 0.2) is 41.2 Å². The molecule has 0 unspecified atom stereocenters. The van der Waals surface area contributed by atoms with Crippen LogP contribution in [-0.4, -0.2) is 16.1 Å². The standard InChI is InChI=1S/C13H12N2O3/c1-8-3-2-4-10(5-8)14-11-6-9(13(17)18)7-12(16)15-11/h2-7H,1H3,(H,17,18)(H2,14,15,16). The molecule has 0 amide bonds. The number of carboxylic acids is 1. The third-order valence-corrected chi connectivity index (χ3v) is 2.39. The summed E-state index contributed by atoms with van der Waals surface area (Å²) in [6.07, 6.45) is 0. The molecule has 5 heteroatoms. The van der Waals surface area contributed by atoms with Gasteiger partial charge in [0.25, 0.3) is 0 Å². The van der Waals surface area contributed by atoms with E-state index in [0.717, 1.165) is 17.3 Å². The number of anilines is 2. The second-order valence-electron chi connectivity index (χ2n) is 3.95. The third kappa shape index (κ3) is 2.76. The fourth-order valence-corrected chi connectivity index (χ4v) is 1.61. The Labute approximate surface area is 103 Å². The molecule has 0 aliphatic rings. The lowest BCUT2D eigenvalue weighted by Crippen LogP contribution is -2.11. The van der Waals surface area contributed by atoms with Gasteiger partial charge in [0.2, 0.25) is 5.56 Å². The Balaban J connectivity index is 2.34. The third-order valence-electron chi connectivity index (χ3n) is 2.39. The highest BCUT2D eigenvalue weighted by Gasteiger charge is 2.06. The molecular weight excluding hydrogens is 232 g/mol. The Morgan fingerprint density at radius 2 is 2.06 bits per heavy atom. The molecule has 2 rings (SSSR count). The van der Waals surface area contributed by atoms with Crippen molar-refractivity contribution in [1.82, 2.24) is 4.98 Å². The van der Waals surface area contributed by atoms with Gasteiger partial charge >= 0.3 is 5.97 Å². The minimum atomic E-state index is -1.13. The van der Waals surface area contributed by atoms with Crippen molar-refractivity contribution in [3.8, 4) is 0 Å². The minimum Gasteiger partial charge on any atom is -0.478 e. The number of carbonyl (C=O) groups is 1. The maximum atomic E-state index is 11.3. The van der Waals surface area contributed by atoms with Crippen molar-refractivity contribution >= 4 is 17.5 Å². The van der Waals surface area contributed by atoms with Gasteiger partial charge in [0.15, 0.2) is 0 Å². The van der Waals surface area contributed by atoms with Gasteiger partial charge in [0, 0.05) is 11.8 Å². The summed E-state index contributed by atoms with van der Waals surface area (Å²) in [4.78, 5) is 24.7. The number of rotatable bonds is 3. The first-order chi connectivity index (χ1) is 8.54. The van der Waals surface area contributed by atoms with Gasteiger partial charge in [-0.05, 0) is 30.7 Å². The van der Waals surface area contributed by atoms with Crippen molar-refractivity contribution in [3.63, 3.8) is 0 Å². The molecule has 3 N–H and O–H groups in total. The average Bonchev–Trinajstić information content (AvgIpc) is 2.28. The SMILES string of the molecule is Cc1cccc(Nc2cc(C(=O)O)cc(=O)[nH]2)c1. The second kappa shape index (κ2) is 4.75. The number of aromatic carboxylic acids is 1. The molecule has 0 aliphatic heterocycles. The second-order valence-corrected chi connectivity index (χ2v) is 3.95. The van der Waals surface area contributed by atoms with Gasteiger partial charge in [-0.2, -0.15) is 0 Å². The molecule has 0 bridgehead atoms. The Bertz CT molecular complexity index is 647. The highest BCUT2D eigenvalue weighted by molar-refractivity contribution is 5.88. The van der Waals surface area contributed by atoms with Crippen molar-refractivity contribution in [2.24, 2.45) is 0 Å². The number of benzene rings is 1. The summed E-state index contributed by atoms with van der Waals surface area (Å²) in [5.74, 6) is -0.779. The summed E-state index contributed by atoms with van der Waals surface area (Å²) in [5, 5.41) is 11.8. The topological polar surface area (TPSA) is 82.2 Å². The van der Waals surface area contributed by atoms with Crippen molar-refractivity contribution in [1.29, 1.82) is 0 Å². The first kappa shape index (κ1) is 11.9. The van der Waals surface area contributed by atoms with Gasteiger partial charge < -0.3 is 15.4 Å². The summed E-state index contributed by atoms with van der Waals surface area (Å²) in [6.45, 7) is 1.95. The van der Waals surface area contributed by atoms with E-state index in [0.29, 0.717) is 5.82 Å². The van der Waals surface area contributed by atoms with E-state index in [-0.39, 0.29) is 5.56 Å². The Morgan fingerprint density at radius 1 is 1.28 bits per heavy atom. The minimum absolute atomic E-state index is 0.0473. The maximum absolute atomic E-state index is 11.3. The lowest BCUT2D eigenvalue weighted by molar-refractivity contribution is 0.0696. The molecule has 0 spiro atoms. The van der Waals surface area contributed by atoms with Gasteiger partial charge in [-0.25, -0.2) is 4.79 Å². The molecule has 5 nitrogen and oxygen atoms in total. The molecule has 18 heavy (non-hydrogen) atoms. The number of pyridine rings is 1. The van der Waals surface area contributed by atoms with Gasteiger partial charge in [0.1, 0.15) is 5.82 Å². The van der Waals surface area contributed by atoms with E-state index in [1.54, 1.807) is 0 Å². The van der Waals surface area contributed by atoms with Crippen LogP contribution >= 0.6 is 0 Å². The Kier molecular flexibility index (Phi) is 3.14. The monoisotopic (exact) mass is 244 g/mol. The molecule has 92 valence electrons. The Hall–Kier alpha value is -2.56. The van der Waals surface area contributed by atoms with Crippen LogP contribution in [0.2, 0.25) is 0 Å². The largest absolute Gasteiger partial charge is 0.478 e. The van der Waals surface area contributed by atoms with E-state index in [1.807, 2.05) is 31.2 Å². The zero-order valence-electron chi connectivity index (χ0n) is 9.73. The number of aryl methyl sites for hydroxylation is 1. The molecule has 1 aromatic carbocycles. The van der Waals surface area contributed by atoms with E-state index in [9.17, 15) is 9.59 Å². The lowest BCUT2D eigenvalue weighted by atomic mass is 10.2. The van der Waals surface area contributed by atoms with Crippen LogP contribution in [0.3, 0.4) is 0 Å². The first-order valence-electron chi connectivity index (χ1n) is 5.36. The molecule has 0 saturated carbocycles. The summed E-state index contributed by atoms with van der Waals surface area (Å²) >= 11 is 0. The van der Waals surface area contributed by atoms with Gasteiger partial charge in [-0.1, -0.05) is 12.1 Å². The van der Waals surface area contributed by atoms with E-state index in [2.05, 4.69) is 10.3 Å². The molecule has 2 aromatic rings. The molecule has 0 atom stereocenters. The van der Waals surface area contributed by atoms with Crippen LogP contribution < -0.4 is 10.9 Å². The molecule has 0 aliphatic carbocycles. The average molecular weight is 244 g/mol. The van der Waals surface area contributed by atoms with Crippen LogP contribution in [0, 0.1) is 6.92 Å². The summed E-state index contributed by atoms with van der Waals surface area (Å²) < 4.78 is 0. The van der Waals surface area contributed by atoms with Crippen molar-refractivity contribution < 1.29 is 9.90 Å². The van der Waals surface area contributed by atoms with Crippen LogP contribution in [-0.2, 0) is 0 Å². The fourth-order valence-electron chi connectivity index (χ4n) is 1.61. The predicted molar refractivity (Wildman–Crippen MR) is 68.5 cm³/mol. The van der Waals surface area contributed by atoms with E-state index < -0.39 is 11.5 Å². The zero-order chi connectivity index (χ0) is 13.1. The number of carboxylic acid groups (broad SMARTS) is 1. The van der Waals surface area contributed by atoms with Crippen molar-refractivity contribution in [3.05, 3.63) is 57.9 Å². The number of aromatic amines is 1. The number of H-pyrrole nitrogens is 1. The summed E-state index contributed by atoms with van der Waals surface area (Å²) in [7, 11) is 0. The zero-order valence-corrected chi connectivity index (χ0v) is 9.73.